The molecule has 0 saturated heterocycles. The van der Waals surface area contributed by atoms with Gasteiger partial charge in [0.25, 0.3) is 5.56 Å². The number of alkyl halides is 1. The summed E-state index contributed by atoms with van der Waals surface area (Å²) in [4.78, 5) is 17.2. The second-order valence-corrected chi connectivity index (χ2v) is 8.30. The molecule has 0 bridgehead atoms. The Morgan fingerprint density at radius 1 is 1.28 bits per heavy atom. The molecule has 29 heavy (non-hydrogen) atoms. The lowest BCUT2D eigenvalue weighted by molar-refractivity contribution is 0.213. The van der Waals surface area contributed by atoms with Gasteiger partial charge in [0.05, 0.1) is 5.69 Å². The number of unbranched alkanes of at least 4 members (excludes halogenated alkanes) is 1. The Morgan fingerprint density at radius 3 is 2.59 bits per heavy atom. The van der Waals surface area contributed by atoms with Crippen LogP contribution >= 0.6 is 15.9 Å². The molecule has 0 radical (unpaired) electrons. The summed E-state index contributed by atoms with van der Waals surface area (Å²) in [6.45, 7) is 9.92. The monoisotopic (exact) mass is 457 g/mol. The largest absolute Gasteiger partial charge is 0.385 e. The maximum absolute atomic E-state index is 14.6. The summed E-state index contributed by atoms with van der Waals surface area (Å²) in [5.41, 5.74) is 1.98. The van der Waals surface area contributed by atoms with Crippen molar-refractivity contribution in [2.75, 3.05) is 6.54 Å². The van der Waals surface area contributed by atoms with E-state index in [0.29, 0.717) is 5.65 Å². The molecule has 2 heterocycles. The second-order valence-electron chi connectivity index (χ2n) is 7.50. The normalized spacial score (nSPS) is 11.6. The first-order valence-corrected chi connectivity index (χ1v) is 10.5. The van der Waals surface area contributed by atoms with Gasteiger partial charge in [-0.3, -0.25) is 9.20 Å². The Bertz CT molecular complexity index is 1100. The van der Waals surface area contributed by atoms with Gasteiger partial charge in [-0.05, 0) is 59.5 Å². The SMILES string of the molecule is C=C(NCCCC)c1ccc(-c2cccn3c(=O)c(Br)c(C(C)(C)F)nc23)cc1. The lowest BCUT2D eigenvalue weighted by atomic mass is 10.0. The summed E-state index contributed by atoms with van der Waals surface area (Å²) in [5, 5.41) is 3.33. The van der Waals surface area contributed by atoms with Crippen LogP contribution in [0.15, 0.2) is 58.4 Å². The van der Waals surface area contributed by atoms with Gasteiger partial charge < -0.3 is 5.32 Å². The quantitative estimate of drug-likeness (QED) is 0.463. The van der Waals surface area contributed by atoms with Gasteiger partial charge in [0.2, 0.25) is 0 Å². The van der Waals surface area contributed by atoms with E-state index in [-0.39, 0.29) is 15.7 Å². The number of hydrogen-bond acceptors (Lipinski definition) is 3. The van der Waals surface area contributed by atoms with E-state index in [2.05, 4.69) is 39.7 Å². The van der Waals surface area contributed by atoms with E-state index < -0.39 is 5.67 Å². The van der Waals surface area contributed by atoms with Gasteiger partial charge in [-0.15, -0.1) is 0 Å². The smallest absolute Gasteiger partial charge is 0.272 e. The predicted octanol–water partition coefficient (Wildman–Crippen LogP) is 5.69. The van der Waals surface area contributed by atoms with Crippen molar-refractivity contribution in [1.82, 2.24) is 14.7 Å². The number of aromatic nitrogens is 2. The molecule has 0 aliphatic rings. The summed E-state index contributed by atoms with van der Waals surface area (Å²) in [7, 11) is 0. The standard InChI is InChI=1S/C23H25BrFN3O/c1-5-6-13-26-15(2)16-9-11-17(12-10-16)18-8-7-14-28-21(18)27-20(23(3,4)25)19(24)22(28)29/h7-12,14,26H,2,5-6,13H2,1,3-4H3. The average Bonchev–Trinajstić information content (AvgIpc) is 2.69. The van der Waals surface area contributed by atoms with E-state index in [0.717, 1.165) is 41.8 Å². The van der Waals surface area contributed by atoms with Crippen LogP contribution < -0.4 is 10.9 Å². The van der Waals surface area contributed by atoms with Crippen molar-refractivity contribution in [3.05, 3.63) is 75.3 Å². The third-order valence-corrected chi connectivity index (χ3v) is 5.49. The molecular weight excluding hydrogens is 433 g/mol. The Balaban J connectivity index is 2.05. The molecule has 0 spiro atoms. The van der Waals surface area contributed by atoms with E-state index in [1.807, 2.05) is 30.3 Å². The van der Waals surface area contributed by atoms with E-state index in [1.54, 1.807) is 12.3 Å². The molecule has 2 aromatic heterocycles. The Morgan fingerprint density at radius 2 is 1.97 bits per heavy atom. The van der Waals surface area contributed by atoms with Crippen molar-refractivity contribution in [1.29, 1.82) is 0 Å². The number of halogens is 2. The fraction of sp³-hybridized carbons (Fsp3) is 0.304. The molecule has 0 saturated carbocycles. The molecule has 0 amide bonds. The molecule has 0 fully saturated rings. The maximum atomic E-state index is 14.6. The summed E-state index contributed by atoms with van der Waals surface area (Å²) < 4.78 is 16.2. The maximum Gasteiger partial charge on any atom is 0.272 e. The number of fused-ring (bicyclic) bond motifs is 1. The zero-order valence-corrected chi connectivity index (χ0v) is 18.5. The number of hydrogen-bond donors (Lipinski definition) is 1. The van der Waals surface area contributed by atoms with Gasteiger partial charge in [0, 0.05) is 24.0 Å². The number of rotatable bonds is 7. The molecular formula is C23H25BrFN3O. The van der Waals surface area contributed by atoms with Crippen LogP contribution in [0.1, 0.15) is 44.9 Å². The van der Waals surface area contributed by atoms with E-state index in [1.165, 1.54) is 18.2 Å². The first-order valence-electron chi connectivity index (χ1n) is 9.68. The van der Waals surface area contributed by atoms with Crippen LogP contribution in [0.3, 0.4) is 0 Å². The van der Waals surface area contributed by atoms with Crippen molar-refractivity contribution >= 4 is 27.3 Å². The Labute approximate surface area is 178 Å². The van der Waals surface area contributed by atoms with E-state index in [9.17, 15) is 9.18 Å². The predicted molar refractivity (Wildman–Crippen MR) is 121 cm³/mol. The van der Waals surface area contributed by atoms with Crippen LogP contribution in [0, 0.1) is 0 Å². The van der Waals surface area contributed by atoms with Gasteiger partial charge in [0.1, 0.15) is 15.8 Å². The fourth-order valence-electron chi connectivity index (χ4n) is 3.13. The second kappa shape index (κ2) is 8.49. The van der Waals surface area contributed by atoms with Crippen LogP contribution in [0.25, 0.3) is 22.5 Å². The first-order chi connectivity index (χ1) is 13.7. The van der Waals surface area contributed by atoms with Crippen molar-refractivity contribution in [2.45, 2.75) is 39.3 Å². The zero-order valence-electron chi connectivity index (χ0n) is 16.9. The van der Waals surface area contributed by atoms with Crippen molar-refractivity contribution < 1.29 is 4.39 Å². The number of nitrogens with one attached hydrogen (secondary N) is 1. The average molecular weight is 458 g/mol. The number of benzene rings is 1. The van der Waals surface area contributed by atoms with Crippen molar-refractivity contribution in [2.24, 2.45) is 0 Å². The van der Waals surface area contributed by atoms with Crippen LogP contribution in [0.2, 0.25) is 0 Å². The van der Waals surface area contributed by atoms with E-state index in [4.69, 9.17) is 0 Å². The summed E-state index contributed by atoms with van der Waals surface area (Å²) >= 11 is 3.22. The van der Waals surface area contributed by atoms with E-state index >= 15 is 0 Å². The molecule has 3 rings (SSSR count). The van der Waals surface area contributed by atoms with Crippen LogP contribution in [-0.4, -0.2) is 15.9 Å². The molecule has 6 heteroatoms. The highest BCUT2D eigenvalue weighted by Crippen LogP contribution is 2.30. The Hall–Kier alpha value is -2.47. The Kier molecular flexibility index (Phi) is 6.22. The van der Waals surface area contributed by atoms with Gasteiger partial charge in [0.15, 0.2) is 0 Å². The minimum absolute atomic E-state index is 0.0973. The van der Waals surface area contributed by atoms with Crippen LogP contribution in [0.5, 0.6) is 0 Å². The lowest BCUT2D eigenvalue weighted by Crippen LogP contribution is -2.24. The lowest BCUT2D eigenvalue weighted by Gasteiger charge is -2.17. The van der Waals surface area contributed by atoms with Gasteiger partial charge in [-0.25, -0.2) is 9.37 Å². The highest BCUT2D eigenvalue weighted by Gasteiger charge is 2.27. The summed E-state index contributed by atoms with van der Waals surface area (Å²) in [6.07, 6.45) is 3.86. The molecule has 0 unspecified atom stereocenters. The fourth-order valence-corrected chi connectivity index (χ4v) is 3.88. The molecule has 0 aliphatic heterocycles. The highest BCUT2D eigenvalue weighted by atomic mass is 79.9. The molecule has 152 valence electrons. The van der Waals surface area contributed by atoms with Crippen molar-refractivity contribution in [3.8, 4) is 11.1 Å². The minimum Gasteiger partial charge on any atom is -0.385 e. The van der Waals surface area contributed by atoms with Gasteiger partial charge >= 0.3 is 0 Å². The zero-order chi connectivity index (χ0) is 21.2. The van der Waals surface area contributed by atoms with Gasteiger partial charge in [-0.2, -0.15) is 0 Å². The minimum atomic E-state index is -1.74. The number of nitrogens with zero attached hydrogens (tertiary/aromatic N) is 2. The topological polar surface area (TPSA) is 46.4 Å². The third kappa shape index (κ3) is 4.42. The van der Waals surface area contributed by atoms with Gasteiger partial charge in [-0.1, -0.05) is 44.2 Å². The molecule has 0 atom stereocenters. The first kappa shape index (κ1) is 21.2. The molecule has 1 aromatic carbocycles. The van der Waals surface area contributed by atoms with Crippen molar-refractivity contribution in [3.63, 3.8) is 0 Å². The molecule has 0 aliphatic carbocycles. The summed E-state index contributed by atoms with van der Waals surface area (Å²) in [6, 6.07) is 11.6. The molecule has 1 N–H and O–H groups in total. The van der Waals surface area contributed by atoms with Crippen LogP contribution in [-0.2, 0) is 5.67 Å². The molecule has 3 aromatic rings. The third-order valence-electron chi connectivity index (χ3n) is 4.78. The van der Waals surface area contributed by atoms with Crippen LogP contribution in [0.4, 0.5) is 4.39 Å². The highest BCUT2D eigenvalue weighted by molar-refractivity contribution is 9.10. The molecule has 4 nitrogen and oxygen atoms in total. The number of pyridine rings is 1. The summed E-state index contributed by atoms with van der Waals surface area (Å²) in [5.74, 6) is 0.